The average Bonchev–Trinajstić information content (AvgIpc) is 1.88. The van der Waals surface area contributed by atoms with Crippen LogP contribution < -0.4 is 0 Å². The predicted octanol–water partition coefficient (Wildman–Crippen LogP) is 0.888. The highest BCUT2D eigenvalue weighted by molar-refractivity contribution is 5.85. The van der Waals surface area contributed by atoms with E-state index in [4.69, 9.17) is 0 Å². The van der Waals surface area contributed by atoms with Gasteiger partial charge in [-0.3, -0.25) is 15.1 Å². The summed E-state index contributed by atoms with van der Waals surface area (Å²) in [5.74, 6) is 0. The SMILES string of the molecule is O=[N+]([O-])CC1=NCCCC1. The van der Waals surface area contributed by atoms with Crippen molar-refractivity contribution < 1.29 is 4.92 Å². The Morgan fingerprint density at radius 3 is 2.90 bits per heavy atom. The van der Waals surface area contributed by atoms with Gasteiger partial charge in [-0.2, -0.15) is 0 Å². The zero-order valence-electron chi connectivity index (χ0n) is 5.75. The van der Waals surface area contributed by atoms with E-state index in [-0.39, 0.29) is 11.5 Å². The van der Waals surface area contributed by atoms with Crippen LogP contribution in [0, 0.1) is 10.1 Å². The Morgan fingerprint density at radius 2 is 2.40 bits per heavy atom. The van der Waals surface area contributed by atoms with Crippen molar-refractivity contribution in [2.75, 3.05) is 13.1 Å². The molecule has 0 fully saturated rings. The maximum absolute atomic E-state index is 9.99. The molecule has 0 amide bonds. The first-order valence-electron chi connectivity index (χ1n) is 3.43. The summed E-state index contributed by atoms with van der Waals surface area (Å²) < 4.78 is 0. The van der Waals surface area contributed by atoms with Gasteiger partial charge in [-0.25, -0.2) is 0 Å². The van der Waals surface area contributed by atoms with Crippen LogP contribution in [0.4, 0.5) is 0 Å². The van der Waals surface area contributed by atoms with Crippen LogP contribution in [0.3, 0.4) is 0 Å². The Balaban J connectivity index is 2.38. The van der Waals surface area contributed by atoms with Crippen LogP contribution >= 0.6 is 0 Å². The molecule has 0 atom stereocenters. The molecule has 4 nitrogen and oxygen atoms in total. The molecular formula is C6H10N2O2. The van der Waals surface area contributed by atoms with E-state index in [1.54, 1.807) is 0 Å². The average molecular weight is 142 g/mol. The van der Waals surface area contributed by atoms with Crippen LogP contribution in [0.15, 0.2) is 4.99 Å². The van der Waals surface area contributed by atoms with E-state index in [0.717, 1.165) is 31.5 Å². The molecule has 0 aromatic carbocycles. The molecule has 0 unspecified atom stereocenters. The van der Waals surface area contributed by atoms with Crippen LogP contribution in [0.5, 0.6) is 0 Å². The van der Waals surface area contributed by atoms with Crippen molar-refractivity contribution in [3.63, 3.8) is 0 Å². The summed E-state index contributed by atoms with van der Waals surface area (Å²) >= 11 is 0. The molecule has 1 aliphatic heterocycles. The molecule has 0 bridgehead atoms. The normalized spacial score (nSPS) is 18.2. The van der Waals surface area contributed by atoms with Gasteiger partial charge in [0, 0.05) is 11.5 Å². The molecule has 1 rings (SSSR count). The third kappa shape index (κ3) is 2.13. The van der Waals surface area contributed by atoms with Gasteiger partial charge < -0.3 is 0 Å². The second kappa shape index (κ2) is 3.29. The minimum atomic E-state index is -0.315. The van der Waals surface area contributed by atoms with Gasteiger partial charge in [0.05, 0.1) is 5.71 Å². The van der Waals surface area contributed by atoms with Gasteiger partial charge in [-0.05, 0) is 19.3 Å². The summed E-state index contributed by atoms with van der Waals surface area (Å²) in [7, 11) is 0. The molecule has 0 saturated heterocycles. The van der Waals surface area contributed by atoms with E-state index in [0.29, 0.717) is 0 Å². The fourth-order valence-corrected chi connectivity index (χ4v) is 1.04. The lowest BCUT2D eigenvalue weighted by Crippen LogP contribution is -2.16. The van der Waals surface area contributed by atoms with E-state index in [1.165, 1.54) is 0 Å². The molecular weight excluding hydrogens is 132 g/mol. The fraction of sp³-hybridized carbons (Fsp3) is 0.833. The standard InChI is InChI=1S/C6H10N2O2/c9-8(10)5-6-3-1-2-4-7-6/h1-5H2. The lowest BCUT2D eigenvalue weighted by Gasteiger charge is -2.06. The van der Waals surface area contributed by atoms with Gasteiger partial charge >= 0.3 is 0 Å². The zero-order chi connectivity index (χ0) is 7.40. The van der Waals surface area contributed by atoms with Crippen molar-refractivity contribution in [1.82, 2.24) is 0 Å². The Kier molecular flexibility index (Phi) is 2.36. The van der Waals surface area contributed by atoms with Gasteiger partial charge in [-0.1, -0.05) is 0 Å². The van der Waals surface area contributed by atoms with Gasteiger partial charge in [-0.15, -0.1) is 0 Å². The van der Waals surface area contributed by atoms with Gasteiger partial charge in [0.25, 0.3) is 0 Å². The van der Waals surface area contributed by atoms with Crippen molar-refractivity contribution in [1.29, 1.82) is 0 Å². The molecule has 0 saturated carbocycles. The second-order valence-corrected chi connectivity index (χ2v) is 2.40. The Labute approximate surface area is 59.1 Å². The second-order valence-electron chi connectivity index (χ2n) is 2.40. The maximum atomic E-state index is 9.99. The predicted molar refractivity (Wildman–Crippen MR) is 38.0 cm³/mol. The number of rotatable bonds is 2. The molecule has 0 radical (unpaired) electrons. The molecule has 10 heavy (non-hydrogen) atoms. The van der Waals surface area contributed by atoms with Crippen LogP contribution in [0.25, 0.3) is 0 Å². The number of hydrogen-bond donors (Lipinski definition) is 0. The van der Waals surface area contributed by atoms with E-state index in [9.17, 15) is 10.1 Å². The third-order valence-electron chi connectivity index (χ3n) is 1.52. The molecule has 56 valence electrons. The summed E-state index contributed by atoms with van der Waals surface area (Å²) in [5.41, 5.74) is 0.760. The Morgan fingerprint density at radius 1 is 1.60 bits per heavy atom. The van der Waals surface area contributed by atoms with Crippen LogP contribution in [0.2, 0.25) is 0 Å². The zero-order valence-corrected chi connectivity index (χ0v) is 5.75. The van der Waals surface area contributed by atoms with Crippen molar-refractivity contribution in [2.24, 2.45) is 4.99 Å². The topological polar surface area (TPSA) is 55.5 Å². The first-order valence-corrected chi connectivity index (χ1v) is 3.43. The van der Waals surface area contributed by atoms with E-state index in [1.807, 2.05) is 0 Å². The molecule has 0 aliphatic carbocycles. The van der Waals surface area contributed by atoms with Crippen LogP contribution in [-0.4, -0.2) is 23.7 Å². The number of nitrogens with zero attached hydrogens (tertiary/aromatic N) is 2. The van der Waals surface area contributed by atoms with Crippen LogP contribution in [-0.2, 0) is 0 Å². The highest BCUT2D eigenvalue weighted by Crippen LogP contribution is 2.05. The van der Waals surface area contributed by atoms with Crippen molar-refractivity contribution in [3.8, 4) is 0 Å². The number of hydrogen-bond acceptors (Lipinski definition) is 3. The van der Waals surface area contributed by atoms with E-state index < -0.39 is 0 Å². The molecule has 1 aliphatic rings. The summed E-state index contributed by atoms with van der Waals surface area (Å²) in [5, 5.41) is 9.99. The maximum Gasteiger partial charge on any atom is 0.241 e. The highest BCUT2D eigenvalue weighted by Gasteiger charge is 2.09. The van der Waals surface area contributed by atoms with Crippen molar-refractivity contribution in [2.45, 2.75) is 19.3 Å². The summed E-state index contributed by atoms with van der Waals surface area (Å²) in [6.45, 7) is 0.725. The first kappa shape index (κ1) is 7.18. The highest BCUT2D eigenvalue weighted by atomic mass is 16.6. The molecule has 0 aromatic heterocycles. The lowest BCUT2D eigenvalue weighted by atomic mass is 10.1. The van der Waals surface area contributed by atoms with Crippen LogP contribution in [0.1, 0.15) is 19.3 Å². The summed E-state index contributed by atoms with van der Waals surface area (Å²) in [4.78, 5) is 13.7. The first-order chi connectivity index (χ1) is 4.79. The Bertz CT molecular complexity index is 165. The van der Waals surface area contributed by atoms with Crippen molar-refractivity contribution in [3.05, 3.63) is 10.1 Å². The minimum Gasteiger partial charge on any atom is -0.287 e. The molecule has 0 aromatic rings. The summed E-state index contributed by atoms with van der Waals surface area (Å²) in [6, 6.07) is 0. The molecule has 0 N–H and O–H groups in total. The molecule has 1 heterocycles. The van der Waals surface area contributed by atoms with Crippen molar-refractivity contribution >= 4 is 5.71 Å². The lowest BCUT2D eigenvalue weighted by molar-refractivity contribution is -0.463. The Hall–Kier alpha value is -0.930. The van der Waals surface area contributed by atoms with E-state index in [2.05, 4.69) is 4.99 Å². The molecule has 0 spiro atoms. The number of aliphatic imine (C=N–C) groups is 1. The van der Waals surface area contributed by atoms with E-state index >= 15 is 0 Å². The summed E-state index contributed by atoms with van der Waals surface area (Å²) in [6.07, 6.45) is 2.97. The minimum absolute atomic E-state index is 0.0556. The number of nitro groups is 1. The smallest absolute Gasteiger partial charge is 0.241 e. The largest absolute Gasteiger partial charge is 0.287 e. The van der Waals surface area contributed by atoms with Gasteiger partial charge in [0.1, 0.15) is 0 Å². The van der Waals surface area contributed by atoms with Gasteiger partial charge in [0.15, 0.2) is 0 Å². The fourth-order valence-electron chi connectivity index (χ4n) is 1.04. The monoisotopic (exact) mass is 142 g/mol. The molecule has 4 heteroatoms. The third-order valence-corrected chi connectivity index (χ3v) is 1.52. The quantitative estimate of drug-likeness (QED) is 0.424. The van der Waals surface area contributed by atoms with Gasteiger partial charge in [0.2, 0.25) is 6.54 Å².